The summed E-state index contributed by atoms with van der Waals surface area (Å²) < 4.78 is 13.3. The van der Waals surface area contributed by atoms with Crippen LogP contribution in [0, 0.1) is 0 Å². The van der Waals surface area contributed by atoms with E-state index in [2.05, 4.69) is 10.6 Å². The molecular weight excluding hydrogens is 514 g/mol. The Morgan fingerprint density at radius 1 is 0.902 bits per heavy atom. The minimum Gasteiger partial charge on any atom is -0.496 e. The van der Waals surface area contributed by atoms with E-state index in [-0.39, 0.29) is 5.91 Å². The maximum atomic E-state index is 13.8. The number of nitrogens with zero attached hydrogens (tertiary/aromatic N) is 3. The van der Waals surface area contributed by atoms with Gasteiger partial charge in [-0.3, -0.25) is 4.79 Å². The Kier molecular flexibility index (Phi) is 7.19. The van der Waals surface area contributed by atoms with E-state index in [9.17, 15) is 4.79 Å². The number of ether oxygens (including phenoxy) is 2. The van der Waals surface area contributed by atoms with Crippen molar-refractivity contribution in [2.75, 3.05) is 17.7 Å². The first kappa shape index (κ1) is 25.9. The number of para-hydroxylation sites is 2. The quantitative estimate of drug-likeness (QED) is 0.233. The van der Waals surface area contributed by atoms with E-state index in [0.29, 0.717) is 41.1 Å². The first-order valence-electron chi connectivity index (χ1n) is 13.3. The summed E-state index contributed by atoms with van der Waals surface area (Å²) in [5.74, 6) is 2.20. The van der Waals surface area contributed by atoms with Gasteiger partial charge in [-0.1, -0.05) is 72.8 Å². The molecule has 1 unspecified atom stereocenters. The lowest BCUT2D eigenvalue weighted by Crippen LogP contribution is -2.31. The van der Waals surface area contributed by atoms with Gasteiger partial charge in [0.05, 0.1) is 18.2 Å². The fraction of sp³-hybridized carbons (Fsp3) is 0.121. The van der Waals surface area contributed by atoms with E-state index >= 15 is 0 Å². The predicted octanol–water partition coefficient (Wildman–Crippen LogP) is 6.46. The molecule has 41 heavy (non-hydrogen) atoms. The Balaban J connectivity index is 1.37. The van der Waals surface area contributed by atoms with Crippen LogP contribution in [-0.2, 0) is 11.4 Å². The Hall–Kier alpha value is -5.37. The molecule has 0 spiro atoms. The van der Waals surface area contributed by atoms with Gasteiger partial charge in [-0.05, 0) is 54.4 Å². The van der Waals surface area contributed by atoms with Crippen molar-refractivity contribution in [3.05, 3.63) is 132 Å². The van der Waals surface area contributed by atoms with Crippen LogP contribution in [0.3, 0.4) is 0 Å². The van der Waals surface area contributed by atoms with Gasteiger partial charge in [-0.2, -0.15) is 4.98 Å². The molecule has 8 heteroatoms. The highest BCUT2D eigenvalue weighted by Gasteiger charge is 2.35. The van der Waals surface area contributed by atoms with Crippen molar-refractivity contribution in [3.63, 3.8) is 0 Å². The zero-order valence-electron chi connectivity index (χ0n) is 22.7. The third kappa shape index (κ3) is 5.40. The summed E-state index contributed by atoms with van der Waals surface area (Å²) in [4.78, 5) is 18.5. The minimum absolute atomic E-state index is 0.226. The van der Waals surface area contributed by atoms with Crippen LogP contribution in [0.1, 0.15) is 24.1 Å². The van der Waals surface area contributed by atoms with Gasteiger partial charge >= 0.3 is 0 Å². The molecule has 0 aliphatic carbocycles. The minimum atomic E-state index is -0.533. The molecule has 1 atom stereocenters. The average Bonchev–Trinajstić information content (AvgIpc) is 3.44. The van der Waals surface area contributed by atoms with Crippen molar-refractivity contribution in [1.29, 1.82) is 0 Å². The number of allylic oxidation sites excluding steroid dienone is 1. The molecule has 1 aliphatic rings. The highest BCUT2D eigenvalue weighted by atomic mass is 16.5. The van der Waals surface area contributed by atoms with E-state index in [1.165, 1.54) is 0 Å². The van der Waals surface area contributed by atoms with Crippen LogP contribution in [-0.4, -0.2) is 27.8 Å². The van der Waals surface area contributed by atoms with Gasteiger partial charge in [-0.25, -0.2) is 4.68 Å². The molecular formula is C33H29N5O3. The summed E-state index contributed by atoms with van der Waals surface area (Å²) in [6.07, 6.45) is 0. The number of fused-ring (bicyclic) bond motifs is 1. The fourth-order valence-corrected chi connectivity index (χ4v) is 4.90. The highest BCUT2D eigenvalue weighted by Crippen LogP contribution is 2.38. The lowest BCUT2D eigenvalue weighted by molar-refractivity contribution is -0.113. The summed E-state index contributed by atoms with van der Waals surface area (Å²) in [5.41, 5.74) is 4.66. The van der Waals surface area contributed by atoms with Crippen molar-refractivity contribution >= 4 is 17.5 Å². The van der Waals surface area contributed by atoms with Crippen LogP contribution < -0.4 is 20.1 Å². The molecule has 4 aromatic carbocycles. The summed E-state index contributed by atoms with van der Waals surface area (Å²) >= 11 is 0. The number of hydrogen-bond donors (Lipinski definition) is 2. The first-order chi connectivity index (χ1) is 20.1. The normalized spacial score (nSPS) is 14.1. The van der Waals surface area contributed by atoms with Gasteiger partial charge in [0.1, 0.15) is 24.1 Å². The van der Waals surface area contributed by atoms with E-state index in [1.54, 1.807) is 11.8 Å². The molecule has 204 valence electrons. The summed E-state index contributed by atoms with van der Waals surface area (Å²) in [6, 6.07) is 34.3. The lowest BCUT2D eigenvalue weighted by atomic mass is 9.95. The number of anilines is 2. The second kappa shape index (κ2) is 11.4. The van der Waals surface area contributed by atoms with Crippen LogP contribution in [0.5, 0.6) is 11.5 Å². The fourth-order valence-electron chi connectivity index (χ4n) is 4.90. The molecule has 0 radical (unpaired) electrons. The number of methoxy groups -OCH3 is 1. The Bertz CT molecular complexity index is 1700. The Labute approximate surface area is 238 Å². The van der Waals surface area contributed by atoms with Crippen molar-refractivity contribution in [2.24, 2.45) is 0 Å². The van der Waals surface area contributed by atoms with Gasteiger partial charge < -0.3 is 20.1 Å². The number of benzene rings is 4. The maximum absolute atomic E-state index is 13.8. The topological polar surface area (TPSA) is 90.3 Å². The van der Waals surface area contributed by atoms with Crippen molar-refractivity contribution < 1.29 is 14.3 Å². The SMILES string of the molecule is COc1ccccc1-c1nc2n(n1)C(c1ccc(OCc3ccccc3)cc1)C(C(=O)Nc1ccccc1)=C(C)N2. The zero-order valence-corrected chi connectivity index (χ0v) is 22.7. The molecule has 1 aliphatic heterocycles. The van der Waals surface area contributed by atoms with Crippen molar-refractivity contribution in [2.45, 2.75) is 19.6 Å². The third-order valence-corrected chi connectivity index (χ3v) is 6.92. The first-order valence-corrected chi connectivity index (χ1v) is 13.3. The number of carbonyl (C=O) groups is 1. The number of amides is 1. The van der Waals surface area contributed by atoms with Crippen LogP contribution in [0.4, 0.5) is 11.6 Å². The van der Waals surface area contributed by atoms with E-state index in [4.69, 9.17) is 19.6 Å². The monoisotopic (exact) mass is 543 g/mol. The lowest BCUT2D eigenvalue weighted by Gasteiger charge is -2.28. The van der Waals surface area contributed by atoms with Crippen LogP contribution >= 0.6 is 0 Å². The number of hydrogen-bond acceptors (Lipinski definition) is 6. The van der Waals surface area contributed by atoms with Gasteiger partial charge in [0.25, 0.3) is 5.91 Å². The standard InChI is InChI=1S/C33H29N5O3/c1-22-29(32(39)35-25-13-7-4-8-14-25)30(24-17-19-26(20-18-24)41-21-23-11-5-3-6-12-23)38-33(34-22)36-31(37-38)27-15-9-10-16-28(27)40-2/h3-20,30H,21H2,1-2H3,(H,35,39)(H,34,36,37). The summed E-state index contributed by atoms with van der Waals surface area (Å²) in [5, 5.41) is 11.2. The van der Waals surface area contributed by atoms with Gasteiger partial charge in [0.2, 0.25) is 5.95 Å². The van der Waals surface area contributed by atoms with Gasteiger partial charge in [0, 0.05) is 11.4 Å². The maximum Gasteiger partial charge on any atom is 0.255 e. The Morgan fingerprint density at radius 3 is 2.32 bits per heavy atom. The summed E-state index contributed by atoms with van der Waals surface area (Å²) in [7, 11) is 1.62. The number of rotatable bonds is 8. The number of nitrogens with one attached hydrogen (secondary N) is 2. The average molecular weight is 544 g/mol. The molecule has 8 nitrogen and oxygen atoms in total. The van der Waals surface area contributed by atoms with Crippen LogP contribution in [0.2, 0.25) is 0 Å². The second-order valence-electron chi connectivity index (χ2n) is 9.63. The van der Waals surface area contributed by atoms with E-state index < -0.39 is 6.04 Å². The molecule has 0 bridgehead atoms. The van der Waals surface area contributed by atoms with Gasteiger partial charge in [0.15, 0.2) is 5.82 Å². The van der Waals surface area contributed by atoms with Crippen LogP contribution in [0.25, 0.3) is 11.4 Å². The number of carbonyl (C=O) groups excluding carboxylic acids is 1. The van der Waals surface area contributed by atoms with Crippen molar-refractivity contribution in [1.82, 2.24) is 14.8 Å². The molecule has 0 saturated carbocycles. The van der Waals surface area contributed by atoms with Gasteiger partial charge in [-0.15, -0.1) is 5.10 Å². The molecule has 0 fully saturated rings. The van der Waals surface area contributed by atoms with E-state index in [1.807, 2.05) is 116 Å². The Morgan fingerprint density at radius 2 is 1.59 bits per heavy atom. The highest BCUT2D eigenvalue weighted by molar-refractivity contribution is 6.06. The molecule has 0 saturated heterocycles. The molecule has 6 rings (SSSR count). The smallest absolute Gasteiger partial charge is 0.255 e. The number of aromatic nitrogens is 3. The van der Waals surface area contributed by atoms with E-state index in [0.717, 1.165) is 22.4 Å². The third-order valence-electron chi connectivity index (χ3n) is 6.92. The molecule has 2 N–H and O–H groups in total. The molecule has 2 heterocycles. The molecule has 5 aromatic rings. The molecule has 1 amide bonds. The second-order valence-corrected chi connectivity index (χ2v) is 9.63. The predicted molar refractivity (Wildman–Crippen MR) is 159 cm³/mol. The largest absolute Gasteiger partial charge is 0.496 e. The van der Waals surface area contributed by atoms with Crippen molar-refractivity contribution in [3.8, 4) is 22.9 Å². The zero-order chi connectivity index (χ0) is 28.2. The molecule has 1 aromatic heterocycles. The summed E-state index contributed by atoms with van der Waals surface area (Å²) in [6.45, 7) is 2.35. The van der Waals surface area contributed by atoms with Crippen LogP contribution in [0.15, 0.2) is 120 Å².